The van der Waals surface area contributed by atoms with Crippen molar-refractivity contribution in [3.05, 3.63) is 71.3 Å². The van der Waals surface area contributed by atoms with Crippen LogP contribution in [0.25, 0.3) is 0 Å². The molecular formula is C29H41N3O4. The lowest BCUT2D eigenvalue weighted by Crippen LogP contribution is -2.49. The average molecular weight is 496 g/mol. The van der Waals surface area contributed by atoms with Crippen LogP contribution in [0, 0.1) is 0 Å². The quantitative estimate of drug-likeness (QED) is 0.374. The minimum absolute atomic E-state index is 0.0625. The van der Waals surface area contributed by atoms with E-state index in [4.69, 9.17) is 4.74 Å². The highest BCUT2D eigenvalue weighted by Gasteiger charge is 2.24. The molecule has 0 aliphatic carbocycles. The largest absolute Gasteiger partial charge is 0.390 e. The molecule has 0 aromatic heterocycles. The highest BCUT2D eigenvalue weighted by Crippen LogP contribution is 2.13. The number of rotatable bonds is 14. The summed E-state index contributed by atoms with van der Waals surface area (Å²) in [5, 5.41) is 17.3. The molecule has 1 heterocycles. The minimum Gasteiger partial charge on any atom is -0.390 e. The molecule has 2 amide bonds. The Balaban J connectivity index is 1.69. The van der Waals surface area contributed by atoms with Gasteiger partial charge in [0.1, 0.15) is 0 Å². The minimum atomic E-state index is -0.787. The molecule has 1 unspecified atom stereocenters. The smallest absolute Gasteiger partial charge is 0.253 e. The molecule has 0 bridgehead atoms. The first kappa shape index (κ1) is 27.8. The van der Waals surface area contributed by atoms with E-state index < -0.39 is 12.1 Å². The molecule has 0 radical (unpaired) electrons. The molecule has 1 aliphatic rings. The molecule has 36 heavy (non-hydrogen) atoms. The van der Waals surface area contributed by atoms with Crippen molar-refractivity contribution >= 4 is 11.8 Å². The highest BCUT2D eigenvalue weighted by molar-refractivity contribution is 5.99. The number of nitrogens with zero attached hydrogens (tertiary/aromatic N) is 1. The molecule has 2 aromatic rings. The van der Waals surface area contributed by atoms with Gasteiger partial charge in [0.15, 0.2) is 0 Å². The number of benzene rings is 2. The summed E-state index contributed by atoms with van der Waals surface area (Å²) < 4.78 is 5.65. The maximum Gasteiger partial charge on any atom is 0.253 e. The van der Waals surface area contributed by atoms with Crippen LogP contribution in [0.2, 0.25) is 0 Å². The predicted octanol–water partition coefficient (Wildman–Crippen LogP) is 3.42. The standard InChI is InChI=1S/C29H41N3O4/c1-3-15-32(16-4-2)29(35)24-13-8-12-23(19-24)28(34)31-26(18-22-10-6-5-7-11-22)27(33)21-30-20-25-14-9-17-36-25/h5-8,10-13,19,25-27,30,33H,3-4,9,14-18,20-21H2,1-2H3,(H,31,34)/t25?,26-,27+/m0/s1. The lowest BCUT2D eigenvalue weighted by atomic mass is 10.00. The van der Waals surface area contributed by atoms with Crippen LogP contribution in [0.15, 0.2) is 54.6 Å². The number of carbonyl (C=O) groups excluding carboxylic acids is 2. The monoisotopic (exact) mass is 495 g/mol. The zero-order valence-corrected chi connectivity index (χ0v) is 21.6. The van der Waals surface area contributed by atoms with E-state index in [1.54, 1.807) is 24.3 Å². The summed E-state index contributed by atoms with van der Waals surface area (Å²) in [6.07, 6.45) is 3.74. The van der Waals surface area contributed by atoms with Crippen LogP contribution >= 0.6 is 0 Å². The summed E-state index contributed by atoms with van der Waals surface area (Å²) in [6, 6.07) is 16.2. The number of carbonyl (C=O) groups is 2. The Labute approximate surface area is 215 Å². The van der Waals surface area contributed by atoms with Crippen molar-refractivity contribution < 1.29 is 19.4 Å². The van der Waals surface area contributed by atoms with E-state index in [1.165, 1.54) is 0 Å². The van der Waals surface area contributed by atoms with Gasteiger partial charge >= 0.3 is 0 Å². The Bertz CT molecular complexity index is 941. The Morgan fingerprint density at radius 3 is 2.44 bits per heavy atom. The van der Waals surface area contributed by atoms with Crippen LogP contribution < -0.4 is 10.6 Å². The van der Waals surface area contributed by atoms with E-state index >= 15 is 0 Å². The number of aliphatic hydroxyl groups excluding tert-OH is 1. The van der Waals surface area contributed by atoms with Gasteiger partial charge in [0.25, 0.3) is 11.8 Å². The SMILES string of the molecule is CCCN(CCC)C(=O)c1cccc(C(=O)N[C@@H](Cc2ccccc2)[C@H](O)CNCC2CCCO2)c1. The summed E-state index contributed by atoms with van der Waals surface area (Å²) >= 11 is 0. The van der Waals surface area contributed by atoms with Crippen molar-refractivity contribution in [2.24, 2.45) is 0 Å². The molecule has 3 N–H and O–H groups in total. The zero-order valence-electron chi connectivity index (χ0n) is 21.6. The van der Waals surface area contributed by atoms with E-state index in [9.17, 15) is 14.7 Å². The van der Waals surface area contributed by atoms with Gasteiger partial charge in [-0.3, -0.25) is 9.59 Å². The topological polar surface area (TPSA) is 90.9 Å². The fraction of sp³-hybridized carbons (Fsp3) is 0.517. The summed E-state index contributed by atoms with van der Waals surface area (Å²) in [5.41, 5.74) is 1.94. The molecule has 7 nitrogen and oxygen atoms in total. The molecule has 1 aliphatic heterocycles. The van der Waals surface area contributed by atoms with E-state index in [0.717, 1.165) is 37.9 Å². The van der Waals surface area contributed by atoms with Crippen LogP contribution in [0.5, 0.6) is 0 Å². The molecule has 0 saturated carbocycles. The van der Waals surface area contributed by atoms with Gasteiger partial charge in [0.2, 0.25) is 0 Å². The normalized spacial score (nSPS) is 16.9. The Morgan fingerprint density at radius 1 is 1.06 bits per heavy atom. The molecule has 1 fully saturated rings. The van der Waals surface area contributed by atoms with Crippen LogP contribution in [0.1, 0.15) is 65.8 Å². The second-order valence-electron chi connectivity index (χ2n) is 9.50. The van der Waals surface area contributed by atoms with Gasteiger partial charge in [-0.1, -0.05) is 50.2 Å². The van der Waals surface area contributed by atoms with Crippen molar-refractivity contribution in [2.75, 3.05) is 32.8 Å². The molecule has 0 spiro atoms. The molecule has 196 valence electrons. The predicted molar refractivity (Wildman–Crippen MR) is 142 cm³/mol. The Kier molecular flexibility index (Phi) is 11.4. The average Bonchev–Trinajstić information content (AvgIpc) is 3.42. The lowest BCUT2D eigenvalue weighted by Gasteiger charge is -2.25. The third-order valence-electron chi connectivity index (χ3n) is 6.47. The summed E-state index contributed by atoms with van der Waals surface area (Å²) in [5.74, 6) is -0.367. The van der Waals surface area contributed by atoms with E-state index in [-0.39, 0.29) is 17.9 Å². The third kappa shape index (κ3) is 8.43. The van der Waals surface area contributed by atoms with Gasteiger partial charge in [-0.25, -0.2) is 0 Å². The van der Waals surface area contributed by atoms with Gasteiger partial charge in [-0.15, -0.1) is 0 Å². The van der Waals surface area contributed by atoms with Crippen molar-refractivity contribution in [2.45, 2.75) is 64.2 Å². The number of nitrogens with one attached hydrogen (secondary N) is 2. The van der Waals surface area contributed by atoms with Gasteiger partial charge < -0.3 is 25.4 Å². The van der Waals surface area contributed by atoms with Crippen LogP contribution in [-0.4, -0.2) is 72.9 Å². The van der Waals surface area contributed by atoms with Gasteiger partial charge in [-0.05, 0) is 55.9 Å². The Hall–Kier alpha value is -2.74. The number of hydrogen-bond donors (Lipinski definition) is 3. The van der Waals surface area contributed by atoms with Crippen molar-refractivity contribution in [1.29, 1.82) is 0 Å². The molecule has 3 atom stereocenters. The van der Waals surface area contributed by atoms with Crippen LogP contribution in [-0.2, 0) is 11.2 Å². The zero-order chi connectivity index (χ0) is 25.8. The Morgan fingerprint density at radius 2 is 1.78 bits per heavy atom. The van der Waals surface area contributed by atoms with Gasteiger partial charge in [0, 0.05) is 43.9 Å². The van der Waals surface area contributed by atoms with Crippen LogP contribution in [0.4, 0.5) is 0 Å². The number of ether oxygens (including phenoxy) is 1. The fourth-order valence-electron chi connectivity index (χ4n) is 4.57. The second kappa shape index (κ2) is 14.7. The summed E-state index contributed by atoms with van der Waals surface area (Å²) in [4.78, 5) is 28.1. The molecule has 7 heteroatoms. The van der Waals surface area contributed by atoms with Crippen molar-refractivity contribution in [3.63, 3.8) is 0 Å². The second-order valence-corrected chi connectivity index (χ2v) is 9.50. The number of amides is 2. The number of aliphatic hydroxyl groups is 1. The maximum absolute atomic E-state index is 13.2. The first-order valence-corrected chi connectivity index (χ1v) is 13.3. The first-order chi connectivity index (χ1) is 17.5. The van der Waals surface area contributed by atoms with E-state index in [1.807, 2.05) is 49.1 Å². The van der Waals surface area contributed by atoms with E-state index in [0.29, 0.717) is 43.7 Å². The van der Waals surface area contributed by atoms with Crippen molar-refractivity contribution in [3.8, 4) is 0 Å². The fourth-order valence-corrected chi connectivity index (χ4v) is 4.57. The molecule has 1 saturated heterocycles. The van der Waals surface area contributed by atoms with Crippen LogP contribution in [0.3, 0.4) is 0 Å². The molecule has 3 rings (SSSR count). The summed E-state index contributed by atoms with van der Waals surface area (Å²) in [6.45, 7) is 7.29. The molecule has 2 aromatic carbocycles. The van der Waals surface area contributed by atoms with Gasteiger partial charge in [0.05, 0.1) is 18.2 Å². The summed E-state index contributed by atoms with van der Waals surface area (Å²) in [7, 11) is 0. The lowest BCUT2D eigenvalue weighted by molar-refractivity contribution is 0.0755. The maximum atomic E-state index is 13.2. The number of hydrogen-bond acceptors (Lipinski definition) is 5. The van der Waals surface area contributed by atoms with Gasteiger partial charge in [-0.2, -0.15) is 0 Å². The third-order valence-corrected chi connectivity index (χ3v) is 6.47. The van der Waals surface area contributed by atoms with Crippen molar-refractivity contribution in [1.82, 2.24) is 15.5 Å². The van der Waals surface area contributed by atoms with E-state index in [2.05, 4.69) is 10.6 Å². The first-order valence-electron chi connectivity index (χ1n) is 13.3. The highest BCUT2D eigenvalue weighted by atomic mass is 16.5. The molecular weight excluding hydrogens is 454 g/mol.